The lowest BCUT2D eigenvalue weighted by Crippen LogP contribution is -2.35. The molecule has 0 saturated carbocycles. The lowest BCUT2D eigenvalue weighted by molar-refractivity contribution is 0.0277. The largest absolute Gasteiger partial charge is 0.389 e. The van der Waals surface area contributed by atoms with E-state index in [1.165, 1.54) is 19.3 Å². The van der Waals surface area contributed by atoms with Gasteiger partial charge in [-0.15, -0.1) is 0 Å². The summed E-state index contributed by atoms with van der Waals surface area (Å²) in [5.41, 5.74) is 0.951. The molecule has 0 aromatic heterocycles. The minimum absolute atomic E-state index is 0.319. The van der Waals surface area contributed by atoms with Crippen molar-refractivity contribution in [2.45, 2.75) is 58.3 Å². The van der Waals surface area contributed by atoms with Gasteiger partial charge in [0.2, 0.25) is 0 Å². The topological polar surface area (TPSA) is 41.5 Å². The molecule has 2 unspecified atom stereocenters. The van der Waals surface area contributed by atoms with Crippen LogP contribution in [-0.4, -0.2) is 30.4 Å². The van der Waals surface area contributed by atoms with Crippen molar-refractivity contribution in [1.29, 1.82) is 0 Å². The third kappa shape index (κ3) is 8.42. The van der Waals surface area contributed by atoms with Gasteiger partial charge in [-0.3, -0.25) is 0 Å². The van der Waals surface area contributed by atoms with Crippen LogP contribution in [0.4, 0.5) is 0 Å². The molecule has 0 amide bonds. The Morgan fingerprint density at radius 1 is 1.29 bits per heavy atom. The van der Waals surface area contributed by atoms with Gasteiger partial charge in [0.05, 0.1) is 19.3 Å². The van der Waals surface area contributed by atoms with Crippen molar-refractivity contribution in [3.63, 3.8) is 0 Å². The van der Waals surface area contributed by atoms with Crippen LogP contribution in [0, 0.1) is 0 Å². The van der Waals surface area contributed by atoms with Gasteiger partial charge in [-0.25, -0.2) is 0 Å². The fourth-order valence-electron chi connectivity index (χ4n) is 2.12. The number of hydrogen-bond acceptors (Lipinski definition) is 3. The number of rotatable bonds is 11. The molecule has 120 valence electrons. The summed E-state index contributed by atoms with van der Waals surface area (Å²) in [6.45, 7) is 5.68. The van der Waals surface area contributed by atoms with Gasteiger partial charge in [-0.1, -0.05) is 56.0 Å². The normalized spacial score (nSPS) is 14.1. The fraction of sp³-hybridized carbons (Fsp3) is 0.647. The Morgan fingerprint density at radius 2 is 2.05 bits per heavy atom. The smallest absolute Gasteiger partial charge is 0.0897 e. The van der Waals surface area contributed by atoms with Crippen LogP contribution in [0.15, 0.2) is 24.3 Å². The van der Waals surface area contributed by atoms with Crippen LogP contribution in [-0.2, 0) is 11.3 Å². The van der Waals surface area contributed by atoms with Crippen LogP contribution in [0.1, 0.15) is 45.1 Å². The highest BCUT2D eigenvalue weighted by molar-refractivity contribution is 6.31. The summed E-state index contributed by atoms with van der Waals surface area (Å²) in [6, 6.07) is 8.04. The van der Waals surface area contributed by atoms with Crippen molar-refractivity contribution < 1.29 is 9.84 Å². The predicted molar refractivity (Wildman–Crippen MR) is 88.7 cm³/mol. The zero-order valence-corrected chi connectivity index (χ0v) is 13.9. The summed E-state index contributed by atoms with van der Waals surface area (Å²) in [5, 5.41) is 13.9. The molecule has 1 rings (SSSR count). The molecular formula is C17H28ClNO2. The molecule has 4 heteroatoms. The van der Waals surface area contributed by atoms with E-state index >= 15 is 0 Å². The van der Waals surface area contributed by atoms with E-state index in [1.807, 2.05) is 24.3 Å². The van der Waals surface area contributed by atoms with Gasteiger partial charge < -0.3 is 15.2 Å². The molecule has 21 heavy (non-hydrogen) atoms. The molecule has 3 nitrogen and oxygen atoms in total. The number of hydrogen-bond donors (Lipinski definition) is 2. The maximum absolute atomic E-state index is 9.90. The van der Waals surface area contributed by atoms with Crippen molar-refractivity contribution in [1.82, 2.24) is 5.32 Å². The quantitative estimate of drug-likeness (QED) is 0.611. The molecular weight excluding hydrogens is 286 g/mol. The molecule has 0 heterocycles. The molecule has 0 fully saturated rings. The monoisotopic (exact) mass is 313 g/mol. The highest BCUT2D eigenvalue weighted by atomic mass is 35.5. The molecule has 2 N–H and O–H groups in total. The average Bonchev–Trinajstić information content (AvgIpc) is 2.47. The van der Waals surface area contributed by atoms with E-state index < -0.39 is 6.10 Å². The molecule has 0 saturated heterocycles. The molecule has 0 aliphatic heterocycles. The van der Waals surface area contributed by atoms with Crippen LogP contribution in [0.25, 0.3) is 0 Å². The van der Waals surface area contributed by atoms with Gasteiger partial charge in [0.25, 0.3) is 0 Å². The Balaban J connectivity index is 2.11. The van der Waals surface area contributed by atoms with Gasteiger partial charge >= 0.3 is 0 Å². The number of benzene rings is 1. The number of nitrogens with one attached hydrogen (secondary N) is 1. The summed E-state index contributed by atoms with van der Waals surface area (Å²) < 4.78 is 5.52. The van der Waals surface area contributed by atoms with Gasteiger partial charge in [-0.05, 0) is 25.0 Å². The average molecular weight is 314 g/mol. The predicted octanol–water partition coefficient (Wildman–Crippen LogP) is 3.78. The Bertz CT molecular complexity index is 387. The molecule has 1 aromatic rings. The minimum atomic E-state index is -0.485. The van der Waals surface area contributed by atoms with E-state index in [0.717, 1.165) is 12.0 Å². The highest BCUT2D eigenvalue weighted by Crippen LogP contribution is 2.15. The molecule has 0 spiro atoms. The summed E-state index contributed by atoms with van der Waals surface area (Å²) in [7, 11) is 0. The van der Waals surface area contributed by atoms with Gasteiger partial charge in [0.15, 0.2) is 0 Å². The second-order valence-corrected chi connectivity index (χ2v) is 5.97. The van der Waals surface area contributed by atoms with Crippen LogP contribution in [0.5, 0.6) is 0 Å². The number of aliphatic hydroxyl groups excluding tert-OH is 1. The standard InChI is InChI=1S/C17H28ClNO2/c1-3-4-5-8-14(2)19-11-16(20)13-21-12-15-9-6-7-10-17(15)18/h6-7,9-10,14,16,19-20H,3-5,8,11-13H2,1-2H3. The summed E-state index contributed by atoms with van der Waals surface area (Å²) in [6.07, 6.45) is 4.42. The Morgan fingerprint density at radius 3 is 2.76 bits per heavy atom. The van der Waals surface area contributed by atoms with Gasteiger partial charge in [0, 0.05) is 17.6 Å². The van der Waals surface area contributed by atoms with Crippen molar-refractivity contribution in [3.8, 4) is 0 Å². The second kappa shape index (κ2) is 11.0. The minimum Gasteiger partial charge on any atom is -0.389 e. The Labute approximate surface area is 133 Å². The Kier molecular flexibility index (Phi) is 9.68. The van der Waals surface area contributed by atoms with E-state index in [9.17, 15) is 5.11 Å². The summed E-state index contributed by atoms with van der Waals surface area (Å²) in [5.74, 6) is 0. The van der Waals surface area contributed by atoms with Crippen molar-refractivity contribution in [3.05, 3.63) is 34.9 Å². The first kappa shape index (κ1) is 18.4. The molecule has 0 aliphatic rings. The molecule has 2 atom stereocenters. The van der Waals surface area contributed by atoms with Crippen molar-refractivity contribution in [2.24, 2.45) is 0 Å². The first-order valence-corrected chi connectivity index (χ1v) is 8.23. The zero-order chi connectivity index (χ0) is 15.5. The van der Waals surface area contributed by atoms with Crippen molar-refractivity contribution >= 4 is 11.6 Å². The Hall–Kier alpha value is -0.610. The SMILES string of the molecule is CCCCCC(C)NCC(O)COCc1ccccc1Cl. The molecule has 0 bridgehead atoms. The summed E-state index contributed by atoms with van der Waals surface area (Å²) in [4.78, 5) is 0. The number of aliphatic hydroxyl groups is 1. The lowest BCUT2D eigenvalue weighted by Gasteiger charge is -2.17. The van der Waals surface area contributed by atoms with Crippen LogP contribution >= 0.6 is 11.6 Å². The lowest BCUT2D eigenvalue weighted by atomic mass is 10.1. The number of halogens is 1. The number of ether oxygens (including phenoxy) is 1. The maximum Gasteiger partial charge on any atom is 0.0897 e. The second-order valence-electron chi connectivity index (χ2n) is 5.57. The van der Waals surface area contributed by atoms with E-state index in [2.05, 4.69) is 19.2 Å². The highest BCUT2D eigenvalue weighted by Gasteiger charge is 2.08. The van der Waals surface area contributed by atoms with Gasteiger partial charge in [-0.2, -0.15) is 0 Å². The van der Waals surface area contributed by atoms with E-state index in [0.29, 0.717) is 30.8 Å². The van der Waals surface area contributed by atoms with Crippen LogP contribution < -0.4 is 5.32 Å². The first-order valence-electron chi connectivity index (χ1n) is 7.86. The van der Waals surface area contributed by atoms with Gasteiger partial charge in [0.1, 0.15) is 0 Å². The zero-order valence-electron chi connectivity index (χ0n) is 13.1. The third-order valence-electron chi connectivity index (χ3n) is 3.47. The molecule has 0 radical (unpaired) electrons. The van der Waals surface area contributed by atoms with Crippen LogP contribution in [0.3, 0.4) is 0 Å². The fourth-order valence-corrected chi connectivity index (χ4v) is 2.31. The van der Waals surface area contributed by atoms with Crippen LogP contribution in [0.2, 0.25) is 5.02 Å². The van der Waals surface area contributed by atoms with E-state index in [-0.39, 0.29) is 0 Å². The first-order chi connectivity index (χ1) is 10.1. The van der Waals surface area contributed by atoms with Crippen molar-refractivity contribution in [2.75, 3.05) is 13.2 Å². The van der Waals surface area contributed by atoms with E-state index in [1.54, 1.807) is 0 Å². The molecule has 0 aliphatic carbocycles. The van der Waals surface area contributed by atoms with E-state index in [4.69, 9.17) is 16.3 Å². The maximum atomic E-state index is 9.90. The third-order valence-corrected chi connectivity index (χ3v) is 3.84. The molecule has 1 aromatic carbocycles. The summed E-state index contributed by atoms with van der Waals surface area (Å²) >= 11 is 6.05. The number of unbranched alkanes of at least 4 members (excludes halogenated alkanes) is 2.